The lowest BCUT2D eigenvalue weighted by Crippen LogP contribution is -2.30. The summed E-state index contributed by atoms with van der Waals surface area (Å²) in [5.74, 6) is 1.03. The van der Waals surface area contributed by atoms with Crippen LogP contribution >= 0.6 is 0 Å². The van der Waals surface area contributed by atoms with E-state index in [1.807, 2.05) is 0 Å². The van der Waals surface area contributed by atoms with Crippen LogP contribution in [-0.4, -0.2) is 45.0 Å². The third kappa shape index (κ3) is 11.7. The minimum atomic E-state index is -6.72. The number of aromatic nitrogens is 2. The number of carbonyl (C=O) groups excluding carboxylic acids is 1. The normalized spacial score (nSPS) is 12.6. The Hall–Kier alpha value is -2.14. The largest absolute Gasteiger partial charge is 0.480 e. The molecule has 0 atom stereocenters. The molecular formula is C19H29F6N3O6S2. The van der Waals surface area contributed by atoms with Gasteiger partial charge in [0, 0.05) is 12.5 Å². The molecule has 0 amide bonds. The Bertz CT molecular complexity index is 1040. The van der Waals surface area contributed by atoms with Crippen LogP contribution in [0.1, 0.15) is 51.3 Å². The van der Waals surface area contributed by atoms with E-state index in [2.05, 4.69) is 42.1 Å². The van der Waals surface area contributed by atoms with Crippen molar-refractivity contribution in [3.8, 4) is 0 Å². The molecule has 17 heteroatoms. The number of rotatable bonds is 12. The third-order valence-electron chi connectivity index (χ3n) is 4.55. The van der Waals surface area contributed by atoms with Crippen molar-refractivity contribution in [2.24, 2.45) is 7.05 Å². The molecule has 0 fully saturated rings. The molecule has 0 saturated heterocycles. The number of hydrogen-bond donors (Lipinski definition) is 0. The Labute approximate surface area is 206 Å². The van der Waals surface area contributed by atoms with Gasteiger partial charge in [0.25, 0.3) is 5.82 Å². The molecule has 1 aromatic heterocycles. The second kappa shape index (κ2) is 14.0. The number of unbranched alkanes of at least 4 members (excludes halogenated alkanes) is 5. The number of esters is 1. The van der Waals surface area contributed by atoms with Gasteiger partial charge < -0.3 is 8.86 Å². The Kier molecular flexibility index (Phi) is 13.1. The molecule has 0 aromatic carbocycles. The lowest BCUT2D eigenvalue weighted by Gasteiger charge is -2.22. The van der Waals surface area contributed by atoms with Crippen LogP contribution < -0.4 is 4.57 Å². The summed E-state index contributed by atoms with van der Waals surface area (Å²) < 4.78 is 119. The van der Waals surface area contributed by atoms with E-state index in [1.165, 1.54) is 31.5 Å². The number of ether oxygens (including phenoxy) is 1. The van der Waals surface area contributed by atoms with E-state index in [9.17, 15) is 48.0 Å². The quantitative estimate of drug-likeness (QED) is 0.122. The van der Waals surface area contributed by atoms with Gasteiger partial charge in [-0.15, -0.1) is 0 Å². The zero-order valence-corrected chi connectivity index (χ0v) is 21.5. The number of halogens is 6. The van der Waals surface area contributed by atoms with Crippen molar-refractivity contribution in [3.05, 3.63) is 34.5 Å². The summed E-state index contributed by atoms with van der Waals surface area (Å²) in [5.41, 5.74) is -11.9. The van der Waals surface area contributed by atoms with Crippen LogP contribution in [0.15, 0.2) is 24.5 Å². The summed E-state index contributed by atoms with van der Waals surface area (Å²) in [7, 11) is -11.4. The molecule has 36 heavy (non-hydrogen) atoms. The van der Waals surface area contributed by atoms with Gasteiger partial charge in [-0.1, -0.05) is 25.8 Å². The maximum absolute atomic E-state index is 11.4. The highest BCUT2D eigenvalue weighted by atomic mass is 32.3. The molecule has 0 bridgehead atoms. The molecule has 0 radical (unpaired) electrons. The van der Waals surface area contributed by atoms with Crippen molar-refractivity contribution < 1.29 is 57.3 Å². The molecule has 0 aliphatic carbocycles. The summed E-state index contributed by atoms with van der Waals surface area (Å²) in [5, 5.41) is 0. The highest BCUT2D eigenvalue weighted by Crippen LogP contribution is 2.36. The Balaban J connectivity index is 0.000000723. The van der Waals surface area contributed by atoms with Crippen LogP contribution in [0.2, 0.25) is 0 Å². The zero-order chi connectivity index (χ0) is 28.4. The monoisotopic (exact) mass is 573 g/mol. The molecule has 0 aliphatic heterocycles. The first kappa shape index (κ1) is 33.9. The molecule has 1 aromatic rings. The van der Waals surface area contributed by atoms with Gasteiger partial charge in [0.2, 0.25) is 0 Å². The standard InChI is InChI=1S/C17H29N2O2.C2F6NO4S2/c1-15(2)17(20)21-14-10-8-6-5-7-9-11-19-13-12-18(4)16(19)3;3-1(4,5)14(10,11)9-15(12,13)2(6,7)8/h12-13H,1,5-11,14H2,2-4H3;/q+1;-1. The first-order valence-corrected chi connectivity index (χ1v) is 13.3. The van der Waals surface area contributed by atoms with Gasteiger partial charge >= 0.3 is 17.0 Å². The molecule has 0 aliphatic rings. The van der Waals surface area contributed by atoms with Crippen LogP contribution in [0.5, 0.6) is 0 Å². The fourth-order valence-corrected chi connectivity index (χ4v) is 4.14. The molecule has 0 unspecified atom stereocenters. The number of imidazole rings is 1. The maximum Gasteiger partial charge on any atom is 0.480 e. The van der Waals surface area contributed by atoms with E-state index < -0.39 is 31.1 Å². The highest BCUT2D eigenvalue weighted by Gasteiger charge is 2.46. The summed E-state index contributed by atoms with van der Waals surface area (Å²) in [6, 6.07) is 0. The summed E-state index contributed by atoms with van der Waals surface area (Å²) in [6.07, 6.45) is 11.3. The number of sulfonamides is 2. The van der Waals surface area contributed by atoms with E-state index >= 15 is 0 Å². The van der Waals surface area contributed by atoms with E-state index in [1.54, 1.807) is 6.92 Å². The van der Waals surface area contributed by atoms with Crippen molar-refractivity contribution in [1.82, 2.24) is 4.57 Å². The average molecular weight is 574 g/mol. The Morgan fingerprint density at radius 2 is 1.42 bits per heavy atom. The second-order valence-electron chi connectivity index (χ2n) is 7.60. The van der Waals surface area contributed by atoms with E-state index in [0.717, 1.165) is 23.5 Å². The average Bonchev–Trinajstić information content (AvgIpc) is 3.02. The molecule has 9 nitrogen and oxygen atoms in total. The van der Waals surface area contributed by atoms with Crippen molar-refractivity contribution in [3.63, 3.8) is 0 Å². The molecule has 0 N–H and O–H groups in total. The summed E-state index contributed by atoms with van der Waals surface area (Å²) >= 11 is 0. The van der Waals surface area contributed by atoms with Crippen molar-refractivity contribution in [1.29, 1.82) is 0 Å². The predicted octanol–water partition coefficient (Wildman–Crippen LogP) is 4.14. The van der Waals surface area contributed by atoms with Gasteiger partial charge in [0.1, 0.15) is 12.4 Å². The molecule has 210 valence electrons. The molecule has 0 saturated carbocycles. The summed E-state index contributed by atoms with van der Waals surface area (Å²) in [6.45, 7) is 9.00. The van der Waals surface area contributed by atoms with Crippen LogP contribution in [0.4, 0.5) is 26.3 Å². The predicted molar refractivity (Wildman–Crippen MR) is 117 cm³/mol. The SMILES string of the molecule is C=C(C)C(=O)OCCCCCCCCn1cc[n+](C)c1C.O=S(=O)([N-]S(=O)(=O)C(F)(F)F)C(F)(F)F. The van der Waals surface area contributed by atoms with Crippen LogP contribution in [-0.2, 0) is 43.2 Å². The van der Waals surface area contributed by atoms with Gasteiger partial charge in [-0.25, -0.2) is 30.8 Å². The van der Waals surface area contributed by atoms with Gasteiger partial charge in [0.05, 0.1) is 20.2 Å². The van der Waals surface area contributed by atoms with E-state index in [-0.39, 0.29) is 5.97 Å². The van der Waals surface area contributed by atoms with Crippen molar-refractivity contribution >= 4 is 26.0 Å². The Morgan fingerprint density at radius 3 is 1.81 bits per heavy atom. The molecular weight excluding hydrogens is 544 g/mol. The van der Waals surface area contributed by atoms with Gasteiger partial charge in [0.15, 0.2) is 20.0 Å². The smallest absolute Gasteiger partial charge is 0.462 e. The number of alkyl halides is 6. The Morgan fingerprint density at radius 1 is 0.972 bits per heavy atom. The molecule has 1 heterocycles. The minimum absolute atomic E-state index is 0.273. The fraction of sp³-hybridized carbons (Fsp3) is 0.684. The van der Waals surface area contributed by atoms with Crippen molar-refractivity contribution in [2.45, 2.75) is 69.9 Å². The molecule has 1 rings (SSSR count). The first-order valence-electron chi connectivity index (χ1n) is 10.4. The zero-order valence-electron chi connectivity index (χ0n) is 19.9. The lowest BCUT2D eigenvalue weighted by molar-refractivity contribution is -0.677. The van der Waals surface area contributed by atoms with Gasteiger partial charge in [-0.2, -0.15) is 26.3 Å². The first-order chi connectivity index (χ1) is 16.2. The number of nitrogens with zero attached hydrogens (tertiary/aromatic N) is 3. The number of aryl methyl sites for hydroxylation is 2. The number of hydrogen-bond acceptors (Lipinski definition) is 6. The minimum Gasteiger partial charge on any atom is -0.462 e. The maximum atomic E-state index is 11.4. The highest BCUT2D eigenvalue weighted by molar-refractivity contribution is 8.13. The second-order valence-corrected chi connectivity index (χ2v) is 11.0. The number of carbonyl (C=O) groups is 1. The fourth-order valence-electron chi connectivity index (χ4n) is 2.43. The lowest BCUT2D eigenvalue weighted by atomic mass is 10.1. The molecule has 0 spiro atoms. The van der Waals surface area contributed by atoms with E-state index in [0.29, 0.717) is 12.2 Å². The van der Waals surface area contributed by atoms with Crippen LogP contribution in [0.3, 0.4) is 0 Å². The topological polar surface area (TPSA) is 117 Å². The van der Waals surface area contributed by atoms with Crippen LogP contribution in [0.25, 0.3) is 4.13 Å². The van der Waals surface area contributed by atoms with Crippen LogP contribution in [0, 0.1) is 6.92 Å². The summed E-state index contributed by atoms with van der Waals surface area (Å²) in [4.78, 5) is 11.2. The van der Waals surface area contributed by atoms with Gasteiger partial charge in [-0.05, 0) is 26.2 Å². The van der Waals surface area contributed by atoms with E-state index in [4.69, 9.17) is 4.74 Å². The van der Waals surface area contributed by atoms with Gasteiger partial charge in [-0.3, -0.25) is 0 Å². The third-order valence-corrected chi connectivity index (χ3v) is 7.29. The van der Waals surface area contributed by atoms with Crippen molar-refractivity contribution in [2.75, 3.05) is 6.61 Å².